The molecule has 18 heavy (non-hydrogen) atoms. The lowest BCUT2D eigenvalue weighted by Gasteiger charge is -2.46. The summed E-state index contributed by atoms with van der Waals surface area (Å²) in [7, 11) is 0. The van der Waals surface area contributed by atoms with E-state index >= 15 is 0 Å². The average Bonchev–Trinajstić information content (AvgIpc) is 2.74. The van der Waals surface area contributed by atoms with Gasteiger partial charge in [-0.2, -0.15) is 0 Å². The lowest BCUT2D eigenvalue weighted by molar-refractivity contribution is 0.0283. The molecule has 0 aromatic carbocycles. The van der Waals surface area contributed by atoms with Crippen molar-refractivity contribution >= 4 is 11.3 Å². The Morgan fingerprint density at radius 3 is 2.83 bits per heavy atom. The third kappa shape index (κ3) is 2.74. The van der Waals surface area contributed by atoms with Crippen LogP contribution in [0.15, 0.2) is 5.51 Å². The molecule has 0 amide bonds. The molecule has 0 spiro atoms. The Morgan fingerprint density at radius 1 is 1.39 bits per heavy atom. The van der Waals surface area contributed by atoms with E-state index in [-0.39, 0.29) is 0 Å². The predicted octanol–water partition coefficient (Wildman–Crippen LogP) is 0.583. The summed E-state index contributed by atoms with van der Waals surface area (Å²) in [6.45, 7) is 10.6. The molecule has 0 saturated carbocycles. The highest BCUT2D eigenvalue weighted by Crippen LogP contribution is 2.18. The second kappa shape index (κ2) is 5.65. The van der Waals surface area contributed by atoms with E-state index in [0.29, 0.717) is 0 Å². The molecule has 5 heteroatoms. The second-order valence-corrected chi connectivity index (χ2v) is 6.25. The molecule has 1 aromatic heterocycles. The van der Waals surface area contributed by atoms with Crippen LogP contribution in [-0.4, -0.2) is 66.6 Å². The van der Waals surface area contributed by atoms with Gasteiger partial charge >= 0.3 is 0 Å². The van der Waals surface area contributed by atoms with E-state index in [0.717, 1.165) is 19.1 Å². The summed E-state index contributed by atoms with van der Waals surface area (Å²) in [5.41, 5.74) is 3.18. The first-order chi connectivity index (χ1) is 8.83. The molecule has 0 unspecified atom stereocenters. The summed E-state index contributed by atoms with van der Waals surface area (Å²) >= 11 is 1.80. The number of nitrogens with one attached hydrogen (secondary N) is 1. The van der Waals surface area contributed by atoms with Crippen LogP contribution < -0.4 is 5.32 Å². The molecular weight excluding hydrogens is 244 g/mol. The molecule has 0 atom stereocenters. The smallest absolute Gasteiger partial charge is 0.0797 e. The van der Waals surface area contributed by atoms with Gasteiger partial charge in [0, 0.05) is 56.7 Å². The summed E-state index contributed by atoms with van der Waals surface area (Å²) in [6, 6.07) is 0.814. The summed E-state index contributed by atoms with van der Waals surface area (Å²) in [4.78, 5) is 11.0. The number of rotatable bonds is 4. The highest BCUT2D eigenvalue weighted by molar-refractivity contribution is 7.09. The molecule has 3 rings (SSSR count). The standard InChI is InChI=1S/C13H22N4S/c1-11-13(18-10-15-11)2-5-16-8-12(9-16)17-6-3-14-4-7-17/h10,12,14H,2-9H2,1H3. The first-order valence-corrected chi connectivity index (χ1v) is 7.77. The van der Waals surface area contributed by atoms with Gasteiger partial charge in [-0.15, -0.1) is 11.3 Å². The molecule has 100 valence electrons. The Kier molecular flexibility index (Phi) is 3.94. The van der Waals surface area contributed by atoms with Gasteiger partial charge in [0.1, 0.15) is 0 Å². The van der Waals surface area contributed by atoms with Crippen molar-refractivity contribution in [3.05, 3.63) is 16.1 Å². The number of piperazine rings is 1. The molecule has 2 fully saturated rings. The van der Waals surface area contributed by atoms with Gasteiger partial charge in [0.15, 0.2) is 0 Å². The Morgan fingerprint density at radius 2 is 2.17 bits per heavy atom. The quantitative estimate of drug-likeness (QED) is 0.864. The van der Waals surface area contributed by atoms with Crippen molar-refractivity contribution in [1.29, 1.82) is 0 Å². The zero-order valence-electron chi connectivity index (χ0n) is 11.1. The summed E-state index contributed by atoms with van der Waals surface area (Å²) in [5.74, 6) is 0. The Bertz CT molecular complexity index is 380. The Hall–Kier alpha value is -0.490. The number of hydrogen-bond acceptors (Lipinski definition) is 5. The van der Waals surface area contributed by atoms with E-state index in [4.69, 9.17) is 0 Å². The minimum atomic E-state index is 0.814. The van der Waals surface area contributed by atoms with Crippen LogP contribution in [0.1, 0.15) is 10.6 Å². The lowest BCUT2D eigenvalue weighted by Crippen LogP contribution is -2.62. The highest BCUT2D eigenvalue weighted by atomic mass is 32.1. The SMILES string of the molecule is Cc1ncsc1CCN1CC(N2CCNCC2)C1. The van der Waals surface area contributed by atoms with Crippen LogP contribution in [-0.2, 0) is 6.42 Å². The maximum absolute atomic E-state index is 4.31. The van der Waals surface area contributed by atoms with Gasteiger partial charge < -0.3 is 5.32 Å². The highest BCUT2D eigenvalue weighted by Gasteiger charge is 2.31. The molecule has 1 aromatic rings. The molecule has 4 nitrogen and oxygen atoms in total. The predicted molar refractivity (Wildman–Crippen MR) is 75.2 cm³/mol. The molecule has 2 aliphatic rings. The number of hydrogen-bond donors (Lipinski definition) is 1. The topological polar surface area (TPSA) is 31.4 Å². The number of aromatic nitrogens is 1. The van der Waals surface area contributed by atoms with Crippen molar-refractivity contribution in [2.75, 3.05) is 45.8 Å². The van der Waals surface area contributed by atoms with Gasteiger partial charge in [0.25, 0.3) is 0 Å². The van der Waals surface area contributed by atoms with Crippen LogP contribution >= 0.6 is 11.3 Å². The number of thiazole rings is 1. The molecular formula is C13H22N4S. The van der Waals surface area contributed by atoms with Gasteiger partial charge in [-0.05, 0) is 13.3 Å². The number of nitrogens with zero attached hydrogens (tertiary/aromatic N) is 3. The van der Waals surface area contributed by atoms with Crippen LogP contribution in [0.3, 0.4) is 0 Å². The zero-order chi connectivity index (χ0) is 12.4. The van der Waals surface area contributed by atoms with E-state index in [9.17, 15) is 0 Å². The third-order valence-corrected chi connectivity index (χ3v) is 5.10. The summed E-state index contributed by atoms with van der Waals surface area (Å²) < 4.78 is 0. The van der Waals surface area contributed by atoms with Gasteiger partial charge in [0.05, 0.1) is 11.2 Å². The third-order valence-electron chi connectivity index (χ3n) is 4.11. The number of aryl methyl sites for hydroxylation is 1. The van der Waals surface area contributed by atoms with E-state index in [2.05, 4.69) is 27.0 Å². The van der Waals surface area contributed by atoms with Crippen molar-refractivity contribution in [2.45, 2.75) is 19.4 Å². The Balaban J connectivity index is 1.39. The fourth-order valence-corrected chi connectivity index (χ4v) is 3.60. The van der Waals surface area contributed by atoms with Gasteiger partial charge in [0.2, 0.25) is 0 Å². The van der Waals surface area contributed by atoms with Crippen LogP contribution in [0.5, 0.6) is 0 Å². The zero-order valence-corrected chi connectivity index (χ0v) is 11.9. The van der Waals surface area contributed by atoms with Crippen LogP contribution in [0.2, 0.25) is 0 Å². The normalized spacial score (nSPS) is 23.2. The molecule has 0 radical (unpaired) electrons. The maximum atomic E-state index is 4.31. The van der Waals surface area contributed by atoms with E-state index < -0.39 is 0 Å². The fraction of sp³-hybridized carbons (Fsp3) is 0.769. The molecule has 3 heterocycles. The molecule has 0 aliphatic carbocycles. The first-order valence-electron chi connectivity index (χ1n) is 6.89. The molecule has 2 aliphatic heterocycles. The van der Waals surface area contributed by atoms with Crippen molar-refractivity contribution in [3.63, 3.8) is 0 Å². The van der Waals surface area contributed by atoms with E-state index in [1.54, 1.807) is 11.3 Å². The monoisotopic (exact) mass is 266 g/mol. The van der Waals surface area contributed by atoms with Gasteiger partial charge in [-0.1, -0.05) is 0 Å². The van der Waals surface area contributed by atoms with Crippen molar-refractivity contribution in [2.24, 2.45) is 0 Å². The Labute approximate surface area is 113 Å². The molecule has 1 N–H and O–H groups in total. The van der Waals surface area contributed by atoms with E-state index in [1.165, 1.54) is 49.7 Å². The van der Waals surface area contributed by atoms with Crippen molar-refractivity contribution in [3.8, 4) is 0 Å². The van der Waals surface area contributed by atoms with Crippen molar-refractivity contribution < 1.29 is 0 Å². The largest absolute Gasteiger partial charge is 0.314 e. The van der Waals surface area contributed by atoms with Crippen LogP contribution in [0.25, 0.3) is 0 Å². The van der Waals surface area contributed by atoms with Crippen molar-refractivity contribution in [1.82, 2.24) is 20.1 Å². The summed E-state index contributed by atoms with van der Waals surface area (Å²) in [5, 5.41) is 3.42. The molecule has 0 bridgehead atoms. The average molecular weight is 266 g/mol. The fourth-order valence-electron chi connectivity index (χ4n) is 2.83. The summed E-state index contributed by atoms with van der Waals surface area (Å²) in [6.07, 6.45) is 1.17. The first kappa shape index (κ1) is 12.5. The maximum Gasteiger partial charge on any atom is 0.0797 e. The lowest BCUT2D eigenvalue weighted by atomic mass is 10.1. The second-order valence-electron chi connectivity index (χ2n) is 5.31. The minimum Gasteiger partial charge on any atom is -0.314 e. The molecule has 2 saturated heterocycles. The van der Waals surface area contributed by atoms with Gasteiger partial charge in [-0.25, -0.2) is 4.98 Å². The van der Waals surface area contributed by atoms with Crippen LogP contribution in [0, 0.1) is 6.92 Å². The van der Waals surface area contributed by atoms with Gasteiger partial charge in [-0.3, -0.25) is 9.80 Å². The van der Waals surface area contributed by atoms with Crippen LogP contribution in [0.4, 0.5) is 0 Å². The van der Waals surface area contributed by atoms with E-state index in [1.807, 2.05) is 5.51 Å². The number of likely N-dealkylation sites (tertiary alicyclic amines) is 1. The minimum absolute atomic E-state index is 0.814.